The van der Waals surface area contributed by atoms with Crippen molar-refractivity contribution in [2.45, 2.75) is 13.8 Å². The maximum absolute atomic E-state index is 10.7. The second kappa shape index (κ2) is 4.24. The lowest BCUT2D eigenvalue weighted by molar-refractivity contribution is -0.165. The summed E-state index contributed by atoms with van der Waals surface area (Å²) in [6, 6.07) is 0. The first-order valence-corrected chi connectivity index (χ1v) is 3.17. The van der Waals surface area contributed by atoms with Crippen molar-refractivity contribution in [2.24, 2.45) is 5.92 Å². The van der Waals surface area contributed by atoms with Crippen LogP contribution < -0.4 is 5.59 Å². The number of carbonyl (C=O) groups excluding carboxylic acids is 1. The van der Waals surface area contributed by atoms with Crippen molar-refractivity contribution in [1.29, 1.82) is 0 Å². The van der Waals surface area contributed by atoms with Gasteiger partial charge in [-0.05, 0) is 0 Å². The van der Waals surface area contributed by atoms with Gasteiger partial charge >= 0.3 is 5.97 Å². The van der Waals surface area contributed by atoms with E-state index in [1.54, 1.807) is 33.0 Å². The van der Waals surface area contributed by atoms with Gasteiger partial charge in [0.15, 0.2) is 0 Å². The Bertz CT molecular complexity index is 112. The highest BCUT2D eigenvalue weighted by atomic mass is 16.7. The molecule has 4 heteroatoms. The van der Waals surface area contributed by atoms with Crippen molar-refractivity contribution >= 4 is 5.97 Å². The van der Waals surface area contributed by atoms with E-state index in [9.17, 15) is 4.79 Å². The fourth-order valence-corrected chi connectivity index (χ4v) is 0.254. The van der Waals surface area contributed by atoms with Gasteiger partial charge in [-0.2, -0.15) is 0 Å². The Morgan fingerprint density at radius 1 is 1.50 bits per heavy atom. The number of hydrogen-bond donors (Lipinski definition) is 1. The fourth-order valence-electron chi connectivity index (χ4n) is 0.254. The lowest BCUT2D eigenvalue weighted by Crippen LogP contribution is -2.34. The summed E-state index contributed by atoms with van der Waals surface area (Å²) in [5.74, 6) is -0.346. The first-order valence-electron chi connectivity index (χ1n) is 3.17. The molecule has 0 aromatic rings. The molecule has 4 nitrogen and oxygen atoms in total. The van der Waals surface area contributed by atoms with Gasteiger partial charge in [0.1, 0.15) is 0 Å². The summed E-state index contributed by atoms with van der Waals surface area (Å²) in [6.45, 7) is 3.55. The molecule has 0 saturated carbocycles. The molecule has 0 rings (SSSR count). The maximum Gasteiger partial charge on any atom is 0.329 e. The fraction of sp³-hybridized carbons (Fsp3) is 0.833. The number of carbonyl (C=O) groups is 1. The van der Waals surface area contributed by atoms with Gasteiger partial charge in [-0.3, -0.25) is 4.79 Å². The average Bonchev–Trinajstić information content (AvgIpc) is 1.82. The van der Waals surface area contributed by atoms with Crippen LogP contribution in [-0.2, 0) is 9.63 Å². The van der Waals surface area contributed by atoms with Crippen LogP contribution in [0.2, 0.25) is 0 Å². The Labute approximate surface area is 61.1 Å². The van der Waals surface area contributed by atoms with Crippen LogP contribution >= 0.6 is 0 Å². The monoisotopic (exact) mass is 146 g/mol. The highest BCUT2D eigenvalue weighted by Gasteiger charge is 2.07. The molecule has 0 aliphatic rings. The Hall–Kier alpha value is -0.610. The minimum Gasteiger partial charge on any atom is -0.355 e. The largest absolute Gasteiger partial charge is 0.355 e. The molecular formula is C6H14N2O2. The van der Waals surface area contributed by atoms with E-state index in [1.807, 2.05) is 0 Å². The van der Waals surface area contributed by atoms with Gasteiger partial charge in [-0.15, -0.1) is 0 Å². The van der Waals surface area contributed by atoms with Crippen LogP contribution in [0.4, 0.5) is 0 Å². The first kappa shape index (κ1) is 9.39. The number of nitrogens with one attached hydrogen (secondary N) is 1. The second-order valence-corrected chi connectivity index (χ2v) is 2.56. The summed E-state index contributed by atoms with van der Waals surface area (Å²) in [6.07, 6.45) is 0. The Morgan fingerprint density at radius 2 is 2.00 bits per heavy atom. The summed E-state index contributed by atoms with van der Waals surface area (Å²) in [4.78, 5) is 15.3. The van der Waals surface area contributed by atoms with Crippen molar-refractivity contribution < 1.29 is 9.63 Å². The first-order chi connectivity index (χ1) is 4.54. The highest BCUT2D eigenvalue weighted by molar-refractivity contribution is 5.71. The second-order valence-electron chi connectivity index (χ2n) is 2.56. The van der Waals surface area contributed by atoms with Crippen LogP contribution in [0.5, 0.6) is 0 Å². The molecule has 0 amide bonds. The van der Waals surface area contributed by atoms with Crippen LogP contribution in [0, 0.1) is 5.92 Å². The van der Waals surface area contributed by atoms with E-state index in [-0.39, 0.29) is 11.9 Å². The highest BCUT2D eigenvalue weighted by Crippen LogP contribution is 1.92. The van der Waals surface area contributed by atoms with Crippen LogP contribution in [0.1, 0.15) is 13.8 Å². The Balaban J connectivity index is 3.40. The molecule has 0 aliphatic carbocycles. The number of hydrazine groups is 1. The van der Waals surface area contributed by atoms with Crippen molar-refractivity contribution in [3.8, 4) is 0 Å². The van der Waals surface area contributed by atoms with E-state index in [0.29, 0.717) is 0 Å². The zero-order chi connectivity index (χ0) is 8.15. The van der Waals surface area contributed by atoms with E-state index < -0.39 is 0 Å². The van der Waals surface area contributed by atoms with Gasteiger partial charge in [0.25, 0.3) is 0 Å². The molecule has 0 bridgehead atoms. The van der Waals surface area contributed by atoms with E-state index in [1.165, 1.54) is 0 Å². The summed E-state index contributed by atoms with van der Waals surface area (Å²) in [5.41, 5.74) is 2.41. The topological polar surface area (TPSA) is 41.6 Å². The van der Waals surface area contributed by atoms with Crippen molar-refractivity contribution in [2.75, 3.05) is 14.1 Å². The Kier molecular flexibility index (Phi) is 3.99. The SMILES string of the molecule is CC(C)C(=O)ONN(C)C. The standard InChI is InChI=1S/C6H14N2O2/c1-5(2)6(9)10-7-8(3)4/h5,7H,1-4H3. The molecular weight excluding hydrogens is 132 g/mol. The molecule has 0 saturated heterocycles. The van der Waals surface area contributed by atoms with Gasteiger partial charge < -0.3 is 4.84 Å². The molecule has 0 unspecified atom stereocenters. The smallest absolute Gasteiger partial charge is 0.329 e. The lowest BCUT2D eigenvalue weighted by atomic mass is 10.2. The maximum atomic E-state index is 10.7. The molecule has 0 aliphatic heterocycles. The minimum atomic E-state index is -0.256. The van der Waals surface area contributed by atoms with E-state index >= 15 is 0 Å². The van der Waals surface area contributed by atoms with Gasteiger partial charge in [-0.25, -0.2) is 5.01 Å². The number of hydrogen-bond acceptors (Lipinski definition) is 4. The number of rotatable bonds is 3. The average molecular weight is 146 g/mol. The molecule has 0 aromatic carbocycles. The summed E-state index contributed by atoms with van der Waals surface area (Å²) < 4.78 is 0. The van der Waals surface area contributed by atoms with Gasteiger partial charge in [0.2, 0.25) is 0 Å². The van der Waals surface area contributed by atoms with Crippen molar-refractivity contribution in [1.82, 2.24) is 10.6 Å². The van der Waals surface area contributed by atoms with Crippen molar-refractivity contribution in [3.63, 3.8) is 0 Å². The van der Waals surface area contributed by atoms with Crippen LogP contribution in [0.15, 0.2) is 0 Å². The molecule has 1 N–H and O–H groups in total. The quantitative estimate of drug-likeness (QED) is 0.576. The molecule has 60 valence electrons. The summed E-state index contributed by atoms with van der Waals surface area (Å²) >= 11 is 0. The third kappa shape index (κ3) is 4.29. The lowest BCUT2D eigenvalue weighted by Gasteiger charge is -2.11. The molecule has 0 fully saturated rings. The molecule has 0 atom stereocenters. The molecule has 0 radical (unpaired) electrons. The normalized spacial score (nSPS) is 10.6. The third-order valence-electron chi connectivity index (χ3n) is 0.800. The Morgan fingerprint density at radius 3 is 2.30 bits per heavy atom. The molecule has 0 spiro atoms. The van der Waals surface area contributed by atoms with E-state index in [4.69, 9.17) is 0 Å². The molecule has 0 heterocycles. The summed E-state index contributed by atoms with van der Waals surface area (Å²) in [7, 11) is 3.49. The van der Waals surface area contributed by atoms with E-state index in [2.05, 4.69) is 10.4 Å². The minimum absolute atomic E-state index is 0.0903. The zero-order valence-corrected chi connectivity index (χ0v) is 6.84. The van der Waals surface area contributed by atoms with E-state index in [0.717, 1.165) is 0 Å². The van der Waals surface area contributed by atoms with Crippen LogP contribution in [0.3, 0.4) is 0 Å². The summed E-state index contributed by atoms with van der Waals surface area (Å²) in [5, 5.41) is 1.56. The van der Waals surface area contributed by atoms with Gasteiger partial charge in [0.05, 0.1) is 5.92 Å². The number of nitrogens with zero attached hydrogens (tertiary/aromatic N) is 1. The van der Waals surface area contributed by atoms with Gasteiger partial charge in [-0.1, -0.05) is 19.4 Å². The molecule has 10 heavy (non-hydrogen) atoms. The molecule has 0 aromatic heterocycles. The van der Waals surface area contributed by atoms with Gasteiger partial charge in [0, 0.05) is 14.1 Å². The van der Waals surface area contributed by atoms with Crippen LogP contribution in [0.25, 0.3) is 0 Å². The third-order valence-corrected chi connectivity index (χ3v) is 0.800. The van der Waals surface area contributed by atoms with Crippen LogP contribution in [-0.4, -0.2) is 25.1 Å². The predicted octanol–water partition coefficient (Wildman–Crippen LogP) is 0.167. The zero-order valence-electron chi connectivity index (χ0n) is 6.84. The predicted molar refractivity (Wildman–Crippen MR) is 37.8 cm³/mol. The van der Waals surface area contributed by atoms with Crippen molar-refractivity contribution in [3.05, 3.63) is 0 Å².